The van der Waals surface area contributed by atoms with E-state index in [0.717, 1.165) is 24.0 Å². The van der Waals surface area contributed by atoms with Gasteiger partial charge in [0.15, 0.2) is 5.82 Å². The lowest BCUT2D eigenvalue weighted by molar-refractivity contribution is 0.413. The van der Waals surface area contributed by atoms with Gasteiger partial charge in [-0.15, -0.1) is 0 Å². The first kappa shape index (κ1) is 19.3. The predicted molar refractivity (Wildman–Crippen MR) is 106 cm³/mol. The largest absolute Gasteiger partial charge is 0.332 e. The third kappa shape index (κ3) is 3.30. The molecule has 0 saturated heterocycles. The lowest BCUT2D eigenvalue weighted by Crippen LogP contribution is -2.13. The van der Waals surface area contributed by atoms with Crippen molar-refractivity contribution in [3.63, 3.8) is 0 Å². The molecule has 10 heteroatoms. The van der Waals surface area contributed by atoms with E-state index in [1.807, 2.05) is 6.92 Å². The van der Waals surface area contributed by atoms with Crippen LogP contribution in [0.5, 0.6) is 0 Å². The molecule has 1 fully saturated rings. The normalized spacial score (nSPS) is 16.3. The van der Waals surface area contributed by atoms with Crippen molar-refractivity contribution in [2.75, 3.05) is 12.0 Å². The monoisotopic (exact) mass is 418 g/mol. The number of hydrogen-bond donors (Lipinski definition) is 0. The van der Waals surface area contributed by atoms with E-state index in [1.165, 1.54) is 12.1 Å². The summed E-state index contributed by atoms with van der Waals surface area (Å²) in [6, 6.07) is 4.35. The van der Waals surface area contributed by atoms with E-state index in [2.05, 4.69) is 15.2 Å². The number of benzene rings is 1. The van der Waals surface area contributed by atoms with Gasteiger partial charge in [0, 0.05) is 33.4 Å². The maximum absolute atomic E-state index is 13.4. The standard InChI is InChI=1S/C18H17BClFN4O2S/c1-10-14(25(23-15(10)19)7-8-28(2)26)16-22-17(24-27-16)18(5-6-18)12-4-3-11(21)9-13(12)20/h3-4,9H,5-8H2,1-2H3. The van der Waals surface area contributed by atoms with Crippen LogP contribution in [0.4, 0.5) is 4.39 Å². The lowest BCUT2D eigenvalue weighted by atomic mass is 9.95. The second-order valence-corrected chi connectivity index (χ2v) is 8.95. The maximum atomic E-state index is 13.4. The minimum Gasteiger partial charge on any atom is -0.332 e. The third-order valence-corrected chi connectivity index (χ3v) is 6.14. The fourth-order valence-corrected chi connectivity index (χ4v) is 4.13. The number of halogens is 2. The van der Waals surface area contributed by atoms with E-state index in [4.69, 9.17) is 24.0 Å². The molecule has 0 N–H and O–H groups in total. The van der Waals surface area contributed by atoms with Crippen LogP contribution in [0.25, 0.3) is 11.6 Å². The van der Waals surface area contributed by atoms with Crippen LogP contribution in [0.1, 0.15) is 29.8 Å². The Bertz CT molecular complexity index is 1080. The van der Waals surface area contributed by atoms with Crippen molar-refractivity contribution in [1.29, 1.82) is 0 Å². The summed E-state index contributed by atoms with van der Waals surface area (Å²) in [6.07, 6.45) is 3.23. The van der Waals surface area contributed by atoms with Crippen molar-refractivity contribution in [2.24, 2.45) is 0 Å². The first-order chi connectivity index (χ1) is 13.3. The molecule has 1 atom stereocenters. The van der Waals surface area contributed by atoms with Crippen LogP contribution >= 0.6 is 11.6 Å². The fourth-order valence-electron chi connectivity index (χ4n) is 3.35. The molecular weight excluding hydrogens is 402 g/mol. The Labute approximate surface area is 170 Å². The van der Waals surface area contributed by atoms with Crippen LogP contribution in [0.15, 0.2) is 22.7 Å². The summed E-state index contributed by atoms with van der Waals surface area (Å²) in [6.45, 7) is 2.24. The van der Waals surface area contributed by atoms with Gasteiger partial charge in [-0.1, -0.05) is 22.8 Å². The summed E-state index contributed by atoms with van der Waals surface area (Å²) in [5.41, 5.74) is 2.01. The van der Waals surface area contributed by atoms with Crippen LogP contribution in [0.3, 0.4) is 0 Å². The Morgan fingerprint density at radius 1 is 1.43 bits per heavy atom. The molecule has 4 rings (SSSR count). The molecule has 1 aliphatic rings. The minimum absolute atomic E-state index is 0.295. The molecule has 144 valence electrons. The molecule has 0 spiro atoms. The molecule has 3 aromatic rings. The molecule has 28 heavy (non-hydrogen) atoms. The predicted octanol–water partition coefficient (Wildman–Crippen LogP) is 2.29. The van der Waals surface area contributed by atoms with Crippen molar-refractivity contribution in [3.05, 3.63) is 46.0 Å². The van der Waals surface area contributed by atoms with E-state index in [0.29, 0.717) is 40.3 Å². The highest BCUT2D eigenvalue weighted by atomic mass is 35.5. The van der Waals surface area contributed by atoms with Crippen molar-refractivity contribution in [2.45, 2.75) is 31.7 Å². The first-order valence-electron chi connectivity index (χ1n) is 8.75. The Morgan fingerprint density at radius 3 is 2.82 bits per heavy atom. The zero-order chi connectivity index (χ0) is 20.1. The molecule has 1 aliphatic carbocycles. The van der Waals surface area contributed by atoms with Gasteiger partial charge in [0.2, 0.25) is 0 Å². The molecular formula is C18H17BClFN4O2S. The summed E-state index contributed by atoms with van der Waals surface area (Å²) < 4.78 is 32.1. The van der Waals surface area contributed by atoms with E-state index in [1.54, 1.807) is 17.0 Å². The molecule has 0 amide bonds. The fraction of sp³-hybridized carbons (Fsp3) is 0.389. The second-order valence-electron chi connectivity index (χ2n) is 6.99. The Kier molecular flexibility index (Phi) is 4.91. The lowest BCUT2D eigenvalue weighted by Gasteiger charge is -2.12. The number of aromatic nitrogens is 4. The number of rotatable bonds is 6. The van der Waals surface area contributed by atoms with Gasteiger partial charge in [0.1, 0.15) is 19.4 Å². The molecule has 1 saturated carbocycles. The van der Waals surface area contributed by atoms with Crippen molar-refractivity contribution < 1.29 is 13.1 Å². The van der Waals surface area contributed by atoms with Crippen molar-refractivity contribution in [1.82, 2.24) is 19.9 Å². The SMILES string of the molecule is [B]c1nn(CCS(C)=O)c(-c2nc(C3(c4ccc(F)cc4Cl)CC3)no2)c1C. The molecule has 1 aromatic carbocycles. The number of hydrogen-bond acceptors (Lipinski definition) is 5. The first-order valence-corrected chi connectivity index (χ1v) is 10.9. The Balaban J connectivity index is 1.72. The summed E-state index contributed by atoms with van der Waals surface area (Å²) in [4.78, 5) is 4.59. The molecule has 6 nitrogen and oxygen atoms in total. The van der Waals surface area contributed by atoms with Gasteiger partial charge in [0.05, 0.1) is 12.0 Å². The molecule has 2 heterocycles. The van der Waals surface area contributed by atoms with Gasteiger partial charge in [0.25, 0.3) is 5.89 Å². The van der Waals surface area contributed by atoms with E-state index < -0.39 is 16.2 Å². The zero-order valence-electron chi connectivity index (χ0n) is 15.4. The van der Waals surface area contributed by atoms with Gasteiger partial charge >= 0.3 is 0 Å². The van der Waals surface area contributed by atoms with Gasteiger partial charge in [-0.2, -0.15) is 10.1 Å². The smallest absolute Gasteiger partial charge is 0.276 e. The molecule has 0 bridgehead atoms. The van der Waals surface area contributed by atoms with Gasteiger partial charge in [-0.3, -0.25) is 8.89 Å². The summed E-state index contributed by atoms with van der Waals surface area (Å²) in [5, 5.41) is 8.82. The van der Waals surface area contributed by atoms with Crippen LogP contribution in [0.2, 0.25) is 5.02 Å². The molecule has 1 unspecified atom stereocenters. The van der Waals surface area contributed by atoms with E-state index >= 15 is 0 Å². The van der Waals surface area contributed by atoms with Crippen LogP contribution < -0.4 is 5.59 Å². The zero-order valence-corrected chi connectivity index (χ0v) is 17.0. The van der Waals surface area contributed by atoms with Gasteiger partial charge in [-0.05, 0) is 43.0 Å². The summed E-state index contributed by atoms with van der Waals surface area (Å²) in [7, 11) is 4.99. The highest BCUT2D eigenvalue weighted by molar-refractivity contribution is 7.84. The average molecular weight is 419 g/mol. The van der Waals surface area contributed by atoms with Crippen LogP contribution in [-0.4, -0.2) is 44.0 Å². The van der Waals surface area contributed by atoms with E-state index in [-0.39, 0.29) is 5.82 Å². The van der Waals surface area contributed by atoms with Crippen molar-refractivity contribution >= 4 is 35.8 Å². The summed E-state index contributed by atoms with van der Waals surface area (Å²) >= 11 is 6.27. The highest BCUT2D eigenvalue weighted by Gasteiger charge is 2.51. The van der Waals surface area contributed by atoms with Crippen LogP contribution in [0, 0.1) is 12.7 Å². The van der Waals surface area contributed by atoms with Crippen LogP contribution in [-0.2, 0) is 22.8 Å². The van der Waals surface area contributed by atoms with Gasteiger partial charge in [-0.25, -0.2) is 4.39 Å². The number of nitrogens with zero attached hydrogens (tertiary/aromatic N) is 4. The van der Waals surface area contributed by atoms with Crippen molar-refractivity contribution in [3.8, 4) is 11.6 Å². The topological polar surface area (TPSA) is 73.8 Å². The minimum atomic E-state index is -0.970. The Hall–Kier alpha value is -2.00. The Morgan fingerprint density at radius 2 is 2.18 bits per heavy atom. The highest BCUT2D eigenvalue weighted by Crippen LogP contribution is 2.54. The molecule has 0 aliphatic heterocycles. The quantitative estimate of drug-likeness (QED) is 0.574. The average Bonchev–Trinajstić information content (AvgIpc) is 3.19. The molecule has 2 aromatic heterocycles. The third-order valence-electron chi connectivity index (χ3n) is 5.07. The maximum Gasteiger partial charge on any atom is 0.276 e. The molecule has 2 radical (unpaired) electrons. The van der Waals surface area contributed by atoms with Gasteiger partial charge < -0.3 is 4.52 Å². The second kappa shape index (κ2) is 7.11. The number of aryl methyl sites for hydroxylation is 1. The van der Waals surface area contributed by atoms with E-state index in [9.17, 15) is 8.60 Å². The summed E-state index contributed by atoms with van der Waals surface area (Å²) in [5.74, 6) is 0.842.